The smallest absolute Gasteiger partial charge is 0.0459 e. The van der Waals surface area contributed by atoms with Crippen molar-refractivity contribution in [3.05, 3.63) is 35.5 Å². The molecule has 2 aromatic rings. The fourth-order valence-corrected chi connectivity index (χ4v) is 4.27. The van der Waals surface area contributed by atoms with Crippen molar-refractivity contribution in [1.82, 2.24) is 9.88 Å². The largest absolute Gasteiger partial charge is 0.358 e. The van der Waals surface area contributed by atoms with E-state index < -0.39 is 0 Å². The minimum atomic E-state index is 0.254. The lowest BCUT2D eigenvalue weighted by Gasteiger charge is -2.44. The number of hydrogen-bond donors (Lipinski definition) is 1. The number of H-pyrrole nitrogens is 1. The molecule has 2 aliphatic rings. The molecule has 0 spiro atoms. The Bertz CT molecular complexity index is 613. The topological polar surface area (TPSA) is 19.0 Å². The Labute approximate surface area is 114 Å². The third-order valence-electron chi connectivity index (χ3n) is 5.22. The summed E-state index contributed by atoms with van der Waals surface area (Å²) >= 11 is 0. The predicted octanol–water partition coefficient (Wildman–Crippen LogP) is 3.82. The quantitative estimate of drug-likeness (QED) is 0.757. The van der Waals surface area contributed by atoms with Crippen molar-refractivity contribution in [2.24, 2.45) is 0 Å². The maximum Gasteiger partial charge on any atom is 0.0459 e. The van der Waals surface area contributed by atoms with Gasteiger partial charge in [-0.15, -0.1) is 0 Å². The second-order valence-corrected chi connectivity index (χ2v) is 6.35. The Morgan fingerprint density at radius 2 is 1.95 bits per heavy atom. The van der Waals surface area contributed by atoms with E-state index in [4.69, 9.17) is 0 Å². The third kappa shape index (κ3) is 1.59. The van der Waals surface area contributed by atoms with Gasteiger partial charge in [0.2, 0.25) is 0 Å². The van der Waals surface area contributed by atoms with Crippen LogP contribution in [0.4, 0.5) is 0 Å². The highest BCUT2D eigenvalue weighted by molar-refractivity contribution is 5.85. The second-order valence-electron chi connectivity index (χ2n) is 6.35. The van der Waals surface area contributed by atoms with Crippen LogP contribution in [0.3, 0.4) is 0 Å². The van der Waals surface area contributed by atoms with Crippen LogP contribution in [0.15, 0.2) is 24.3 Å². The molecule has 0 saturated carbocycles. The van der Waals surface area contributed by atoms with E-state index in [1.165, 1.54) is 61.8 Å². The summed E-state index contributed by atoms with van der Waals surface area (Å²) in [6.07, 6.45) is 6.53. The number of aromatic amines is 1. The van der Waals surface area contributed by atoms with Gasteiger partial charge in [-0.1, -0.05) is 24.6 Å². The Balaban J connectivity index is 1.98. The number of fused-ring (bicyclic) bond motifs is 5. The highest BCUT2D eigenvalue weighted by atomic mass is 15.2. The number of hydrogen-bond acceptors (Lipinski definition) is 1. The van der Waals surface area contributed by atoms with Gasteiger partial charge in [-0.25, -0.2) is 0 Å². The maximum absolute atomic E-state index is 3.69. The average Bonchev–Trinajstić information content (AvgIpc) is 2.73. The van der Waals surface area contributed by atoms with Crippen molar-refractivity contribution >= 4 is 10.9 Å². The molecule has 4 rings (SSSR count). The zero-order valence-corrected chi connectivity index (χ0v) is 11.7. The SMILES string of the molecule is C[C@]12CCCCN1CCCc1[nH]c3ccccc3c12. The first-order valence-electron chi connectivity index (χ1n) is 7.64. The summed E-state index contributed by atoms with van der Waals surface area (Å²) in [6, 6.07) is 8.84. The van der Waals surface area contributed by atoms with E-state index in [1.54, 1.807) is 5.56 Å². The molecule has 3 heterocycles. The van der Waals surface area contributed by atoms with Gasteiger partial charge >= 0.3 is 0 Å². The lowest BCUT2D eigenvalue weighted by atomic mass is 9.81. The first-order chi connectivity index (χ1) is 9.29. The number of aromatic nitrogens is 1. The third-order valence-corrected chi connectivity index (χ3v) is 5.22. The molecular weight excluding hydrogens is 232 g/mol. The molecule has 2 nitrogen and oxygen atoms in total. The van der Waals surface area contributed by atoms with E-state index >= 15 is 0 Å². The number of rotatable bonds is 0. The summed E-state index contributed by atoms with van der Waals surface area (Å²) < 4.78 is 0. The predicted molar refractivity (Wildman–Crippen MR) is 79.4 cm³/mol. The summed E-state index contributed by atoms with van der Waals surface area (Å²) in [5, 5.41) is 1.45. The summed E-state index contributed by atoms with van der Waals surface area (Å²) in [5.41, 5.74) is 4.67. The van der Waals surface area contributed by atoms with E-state index in [0.29, 0.717) is 0 Å². The molecule has 1 N–H and O–H groups in total. The number of para-hydroxylation sites is 1. The van der Waals surface area contributed by atoms with Crippen molar-refractivity contribution in [2.75, 3.05) is 13.1 Å². The fourth-order valence-electron chi connectivity index (χ4n) is 4.27. The van der Waals surface area contributed by atoms with Gasteiger partial charge < -0.3 is 4.98 Å². The van der Waals surface area contributed by atoms with Crippen LogP contribution < -0.4 is 0 Å². The normalized spacial score (nSPS) is 27.8. The standard InChI is InChI=1S/C17H22N2/c1-17-10-4-5-11-19(17)12-6-9-15-16(17)13-7-2-3-8-14(13)18-15/h2-3,7-8,18H,4-6,9-12H2,1H3/t17-/m1/s1. The summed E-state index contributed by atoms with van der Waals surface area (Å²) in [5.74, 6) is 0. The van der Waals surface area contributed by atoms with Gasteiger partial charge in [-0.3, -0.25) is 4.90 Å². The Kier molecular flexibility index (Phi) is 2.49. The Morgan fingerprint density at radius 3 is 2.89 bits per heavy atom. The zero-order chi connectivity index (χ0) is 12.9. The molecule has 1 aromatic carbocycles. The molecule has 1 aromatic heterocycles. The van der Waals surface area contributed by atoms with Gasteiger partial charge in [-0.05, 0) is 51.8 Å². The molecule has 1 atom stereocenters. The molecule has 19 heavy (non-hydrogen) atoms. The van der Waals surface area contributed by atoms with E-state index in [-0.39, 0.29) is 5.54 Å². The highest BCUT2D eigenvalue weighted by Crippen LogP contribution is 2.44. The van der Waals surface area contributed by atoms with Gasteiger partial charge in [0.25, 0.3) is 0 Å². The van der Waals surface area contributed by atoms with E-state index in [1.807, 2.05) is 0 Å². The first kappa shape index (κ1) is 11.5. The summed E-state index contributed by atoms with van der Waals surface area (Å²) in [7, 11) is 0. The Hall–Kier alpha value is -1.28. The van der Waals surface area contributed by atoms with Gasteiger partial charge in [0.05, 0.1) is 0 Å². The molecule has 1 saturated heterocycles. The molecule has 0 aliphatic carbocycles. The van der Waals surface area contributed by atoms with Crippen LogP contribution in [0.25, 0.3) is 10.9 Å². The van der Waals surface area contributed by atoms with Crippen LogP contribution >= 0.6 is 0 Å². The van der Waals surface area contributed by atoms with Crippen molar-refractivity contribution < 1.29 is 0 Å². The van der Waals surface area contributed by atoms with Crippen LogP contribution in [0, 0.1) is 0 Å². The van der Waals surface area contributed by atoms with Crippen molar-refractivity contribution in [2.45, 2.75) is 44.6 Å². The van der Waals surface area contributed by atoms with Gasteiger partial charge in [-0.2, -0.15) is 0 Å². The zero-order valence-electron chi connectivity index (χ0n) is 11.7. The number of nitrogens with zero attached hydrogens (tertiary/aromatic N) is 1. The fraction of sp³-hybridized carbons (Fsp3) is 0.529. The van der Waals surface area contributed by atoms with Crippen LogP contribution in [0.5, 0.6) is 0 Å². The molecule has 0 bridgehead atoms. The first-order valence-corrected chi connectivity index (χ1v) is 7.64. The number of nitrogens with one attached hydrogen (secondary N) is 1. The van der Waals surface area contributed by atoms with Gasteiger partial charge in [0.1, 0.15) is 0 Å². The highest BCUT2D eigenvalue weighted by Gasteiger charge is 2.40. The molecule has 100 valence electrons. The number of aryl methyl sites for hydroxylation is 1. The summed E-state index contributed by atoms with van der Waals surface area (Å²) in [4.78, 5) is 6.43. The second kappa shape index (κ2) is 4.11. The molecule has 0 amide bonds. The van der Waals surface area contributed by atoms with E-state index in [9.17, 15) is 0 Å². The molecular formula is C17H22N2. The minimum Gasteiger partial charge on any atom is -0.358 e. The molecule has 0 unspecified atom stereocenters. The molecule has 1 fully saturated rings. The number of benzene rings is 1. The van der Waals surface area contributed by atoms with Crippen molar-refractivity contribution in [1.29, 1.82) is 0 Å². The Morgan fingerprint density at radius 1 is 1.11 bits per heavy atom. The van der Waals surface area contributed by atoms with Crippen LogP contribution in [-0.4, -0.2) is 23.0 Å². The number of piperidine rings is 1. The van der Waals surface area contributed by atoms with E-state index in [0.717, 1.165) is 0 Å². The van der Waals surface area contributed by atoms with Crippen molar-refractivity contribution in [3.8, 4) is 0 Å². The average molecular weight is 254 g/mol. The van der Waals surface area contributed by atoms with Crippen LogP contribution in [0.2, 0.25) is 0 Å². The van der Waals surface area contributed by atoms with Crippen LogP contribution in [-0.2, 0) is 12.0 Å². The van der Waals surface area contributed by atoms with Gasteiger partial charge in [0, 0.05) is 27.7 Å². The van der Waals surface area contributed by atoms with Gasteiger partial charge in [0.15, 0.2) is 0 Å². The van der Waals surface area contributed by atoms with E-state index in [2.05, 4.69) is 41.1 Å². The lowest BCUT2D eigenvalue weighted by molar-refractivity contribution is 0.0638. The van der Waals surface area contributed by atoms with Crippen molar-refractivity contribution in [3.63, 3.8) is 0 Å². The monoisotopic (exact) mass is 254 g/mol. The molecule has 2 heteroatoms. The lowest BCUT2D eigenvalue weighted by Crippen LogP contribution is -2.47. The molecule has 0 radical (unpaired) electrons. The maximum atomic E-state index is 3.69. The van der Waals surface area contributed by atoms with Crippen LogP contribution in [0.1, 0.15) is 43.9 Å². The minimum absolute atomic E-state index is 0.254. The molecule has 2 aliphatic heterocycles. The summed E-state index contributed by atoms with van der Waals surface area (Å²) in [6.45, 7) is 5.00.